The molecule has 1 heterocycles. The Morgan fingerprint density at radius 2 is 2.29 bits per heavy atom. The van der Waals surface area contributed by atoms with Crippen molar-refractivity contribution < 1.29 is 27.4 Å². The summed E-state index contributed by atoms with van der Waals surface area (Å²) >= 11 is 0. The number of hydrogen-bond acceptors (Lipinski definition) is 3. The number of rotatable bonds is 3. The zero-order valence-corrected chi connectivity index (χ0v) is 7.63. The van der Waals surface area contributed by atoms with E-state index >= 15 is 0 Å². The minimum Gasteiger partial charge on any atom is -0.467 e. The van der Waals surface area contributed by atoms with Crippen molar-refractivity contribution in [3.05, 3.63) is 0 Å². The molecule has 0 aromatic heterocycles. The van der Waals surface area contributed by atoms with Crippen molar-refractivity contribution in [3.8, 4) is 0 Å². The molecule has 0 spiro atoms. The van der Waals surface area contributed by atoms with E-state index in [0.29, 0.717) is 6.42 Å². The van der Waals surface area contributed by atoms with E-state index in [1.54, 1.807) is 0 Å². The van der Waals surface area contributed by atoms with E-state index in [2.05, 4.69) is 9.47 Å². The van der Waals surface area contributed by atoms with Crippen molar-refractivity contribution in [1.82, 2.24) is 0 Å². The molecule has 82 valence electrons. The molecule has 0 aromatic rings. The van der Waals surface area contributed by atoms with E-state index in [-0.39, 0.29) is 13.0 Å². The molecule has 2 atom stereocenters. The fourth-order valence-electron chi connectivity index (χ4n) is 1.31. The van der Waals surface area contributed by atoms with Gasteiger partial charge >= 0.3 is 11.9 Å². The number of carbonyl (C=O) groups excluding carboxylic acids is 1. The molecule has 0 aliphatic carbocycles. The highest BCUT2D eigenvalue weighted by atomic mass is 19.3. The molecular formula is C8H11F3O3. The van der Waals surface area contributed by atoms with Crippen LogP contribution in [0, 0.1) is 0 Å². The summed E-state index contributed by atoms with van der Waals surface area (Å²) in [4.78, 5) is 10.6. The van der Waals surface area contributed by atoms with Gasteiger partial charge in [-0.05, 0) is 12.8 Å². The molecule has 3 nitrogen and oxygen atoms in total. The fraction of sp³-hybridized carbons (Fsp3) is 0.875. The molecule has 0 radical (unpaired) electrons. The molecule has 0 unspecified atom stereocenters. The van der Waals surface area contributed by atoms with Gasteiger partial charge in [-0.3, -0.25) is 0 Å². The van der Waals surface area contributed by atoms with Gasteiger partial charge in [0.05, 0.1) is 7.11 Å². The van der Waals surface area contributed by atoms with Gasteiger partial charge in [-0.2, -0.15) is 8.78 Å². The Morgan fingerprint density at radius 1 is 1.64 bits per heavy atom. The Hall–Kier alpha value is -0.780. The number of ether oxygens (including phenoxy) is 2. The Kier molecular flexibility index (Phi) is 3.36. The summed E-state index contributed by atoms with van der Waals surface area (Å²) in [6.07, 6.45) is -3.95. The number of carbonyl (C=O) groups is 1. The van der Waals surface area contributed by atoms with E-state index in [1.165, 1.54) is 0 Å². The van der Waals surface area contributed by atoms with Gasteiger partial charge in [-0.25, -0.2) is 9.18 Å². The minimum absolute atomic E-state index is 0.0599. The molecule has 1 fully saturated rings. The van der Waals surface area contributed by atoms with Crippen LogP contribution in [0.2, 0.25) is 0 Å². The molecule has 14 heavy (non-hydrogen) atoms. The van der Waals surface area contributed by atoms with E-state index in [0.717, 1.165) is 7.11 Å². The molecule has 6 heteroatoms. The molecule has 1 aliphatic heterocycles. The summed E-state index contributed by atoms with van der Waals surface area (Å²) < 4.78 is 47.8. The first-order valence-electron chi connectivity index (χ1n) is 4.21. The second kappa shape index (κ2) is 4.16. The molecule has 1 aliphatic rings. The average molecular weight is 212 g/mol. The lowest BCUT2D eigenvalue weighted by Crippen LogP contribution is -2.46. The lowest BCUT2D eigenvalue weighted by atomic mass is 10.1. The highest BCUT2D eigenvalue weighted by Gasteiger charge is 2.53. The average Bonchev–Trinajstić information content (AvgIpc) is 2.68. The van der Waals surface area contributed by atoms with Crippen LogP contribution in [0.3, 0.4) is 0 Å². The minimum atomic E-state index is -3.80. The van der Waals surface area contributed by atoms with Gasteiger partial charge in [0.1, 0.15) is 6.10 Å². The molecule has 1 saturated heterocycles. The Morgan fingerprint density at radius 3 is 2.71 bits per heavy atom. The predicted molar refractivity (Wildman–Crippen MR) is 40.8 cm³/mol. The number of hydrogen-bond donors (Lipinski definition) is 0. The van der Waals surface area contributed by atoms with Crippen LogP contribution in [-0.4, -0.2) is 37.9 Å². The summed E-state index contributed by atoms with van der Waals surface area (Å²) in [6.45, 7) is 0.175. The zero-order valence-electron chi connectivity index (χ0n) is 7.63. The Labute approximate surface area is 79.2 Å². The molecule has 0 aromatic carbocycles. The van der Waals surface area contributed by atoms with Crippen molar-refractivity contribution in [3.63, 3.8) is 0 Å². The molecule has 0 saturated carbocycles. The van der Waals surface area contributed by atoms with Crippen molar-refractivity contribution in [1.29, 1.82) is 0 Å². The number of halogens is 3. The first kappa shape index (κ1) is 11.3. The molecule has 0 bridgehead atoms. The van der Waals surface area contributed by atoms with Gasteiger partial charge < -0.3 is 9.47 Å². The van der Waals surface area contributed by atoms with Crippen LogP contribution in [0.25, 0.3) is 0 Å². The van der Waals surface area contributed by atoms with Crippen molar-refractivity contribution >= 4 is 5.97 Å². The Bertz CT molecular complexity index is 214. The standard InChI is InChI=1S/C8H11F3O3/c1-13-7(12)6(9)8(10,11)5-3-2-4-14-5/h5-6H,2-4H2,1H3/t5-,6-/m1/s1. The normalized spacial score (nSPS) is 24.7. The summed E-state index contributed by atoms with van der Waals surface area (Å²) in [7, 11) is 0.862. The largest absolute Gasteiger partial charge is 0.467 e. The van der Waals surface area contributed by atoms with Gasteiger partial charge in [-0.15, -0.1) is 0 Å². The summed E-state index contributed by atoms with van der Waals surface area (Å²) in [5.74, 6) is -5.37. The quantitative estimate of drug-likeness (QED) is 0.662. The van der Waals surface area contributed by atoms with Crippen LogP contribution >= 0.6 is 0 Å². The predicted octanol–water partition coefficient (Wildman–Crippen LogP) is 1.31. The second-order valence-corrected chi connectivity index (χ2v) is 3.06. The second-order valence-electron chi connectivity index (χ2n) is 3.06. The Balaban J connectivity index is 2.66. The van der Waals surface area contributed by atoms with Crippen LogP contribution in [0.15, 0.2) is 0 Å². The van der Waals surface area contributed by atoms with Crippen molar-refractivity contribution in [2.24, 2.45) is 0 Å². The first-order chi connectivity index (χ1) is 6.50. The highest BCUT2D eigenvalue weighted by Crippen LogP contribution is 2.34. The van der Waals surface area contributed by atoms with Crippen molar-refractivity contribution in [2.75, 3.05) is 13.7 Å². The van der Waals surface area contributed by atoms with Crippen LogP contribution < -0.4 is 0 Å². The highest BCUT2D eigenvalue weighted by molar-refractivity contribution is 5.75. The maximum absolute atomic E-state index is 13.2. The summed E-state index contributed by atoms with van der Waals surface area (Å²) in [5, 5.41) is 0. The van der Waals surface area contributed by atoms with E-state index in [9.17, 15) is 18.0 Å². The number of esters is 1. The lowest BCUT2D eigenvalue weighted by Gasteiger charge is -2.24. The van der Waals surface area contributed by atoms with Crippen LogP contribution in [-0.2, 0) is 14.3 Å². The SMILES string of the molecule is COC(=O)[C@@H](F)C(F)(F)[C@H]1CCCO1. The van der Waals surface area contributed by atoms with Gasteiger partial charge in [-0.1, -0.05) is 0 Å². The first-order valence-corrected chi connectivity index (χ1v) is 4.21. The molecular weight excluding hydrogens is 201 g/mol. The van der Waals surface area contributed by atoms with Crippen LogP contribution in [0.5, 0.6) is 0 Å². The lowest BCUT2D eigenvalue weighted by molar-refractivity contribution is -0.185. The molecule has 0 N–H and O–H groups in total. The topological polar surface area (TPSA) is 35.5 Å². The van der Waals surface area contributed by atoms with Gasteiger partial charge in [0.2, 0.25) is 0 Å². The maximum atomic E-state index is 13.2. The monoisotopic (exact) mass is 212 g/mol. The number of alkyl halides is 3. The van der Waals surface area contributed by atoms with Gasteiger partial charge in [0.25, 0.3) is 6.17 Å². The molecule has 0 amide bonds. The maximum Gasteiger partial charge on any atom is 0.347 e. The van der Waals surface area contributed by atoms with Crippen LogP contribution in [0.1, 0.15) is 12.8 Å². The van der Waals surface area contributed by atoms with Gasteiger partial charge in [0, 0.05) is 6.61 Å². The summed E-state index contributed by atoms with van der Waals surface area (Å²) in [5.41, 5.74) is 0. The third kappa shape index (κ3) is 2.00. The summed E-state index contributed by atoms with van der Waals surface area (Å²) in [6, 6.07) is 0. The van der Waals surface area contributed by atoms with Crippen molar-refractivity contribution in [2.45, 2.75) is 31.0 Å². The molecule has 1 rings (SSSR count). The van der Waals surface area contributed by atoms with E-state index < -0.39 is 24.2 Å². The fourth-order valence-corrected chi connectivity index (χ4v) is 1.31. The van der Waals surface area contributed by atoms with Gasteiger partial charge in [0.15, 0.2) is 0 Å². The van der Waals surface area contributed by atoms with Crippen LogP contribution in [0.4, 0.5) is 13.2 Å². The van der Waals surface area contributed by atoms with E-state index in [4.69, 9.17) is 0 Å². The third-order valence-corrected chi connectivity index (χ3v) is 2.11. The number of methoxy groups -OCH3 is 1. The smallest absolute Gasteiger partial charge is 0.347 e. The third-order valence-electron chi connectivity index (χ3n) is 2.11. The van der Waals surface area contributed by atoms with E-state index in [1.807, 2.05) is 0 Å². The zero-order chi connectivity index (χ0) is 10.8.